The highest BCUT2D eigenvalue weighted by Crippen LogP contribution is 2.25. The highest BCUT2D eigenvalue weighted by atomic mass is 35.5. The summed E-state index contributed by atoms with van der Waals surface area (Å²) < 4.78 is 10.3. The van der Waals surface area contributed by atoms with Crippen LogP contribution in [0, 0.1) is 0 Å². The number of thiazole rings is 1. The van der Waals surface area contributed by atoms with E-state index in [1.54, 1.807) is 27.7 Å². The molecule has 6 nitrogen and oxygen atoms in total. The molecule has 0 atom stereocenters. The summed E-state index contributed by atoms with van der Waals surface area (Å²) in [7, 11) is 0. The smallest absolute Gasteiger partial charge is 0.407 e. The molecule has 0 bridgehead atoms. The van der Waals surface area contributed by atoms with Gasteiger partial charge in [-0.25, -0.2) is 14.6 Å². The number of alkyl carbamates (subject to hydrolysis) is 1. The van der Waals surface area contributed by atoms with E-state index in [1.807, 2.05) is 0 Å². The molecule has 1 N–H and O–H groups in total. The number of amides is 1. The van der Waals surface area contributed by atoms with Gasteiger partial charge in [0.25, 0.3) is 0 Å². The monoisotopic (exact) mass is 334 g/mol. The van der Waals surface area contributed by atoms with Crippen LogP contribution in [0.5, 0.6) is 0 Å². The molecular formula is C13H19ClN2O4S. The highest BCUT2D eigenvalue weighted by molar-refractivity contribution is 7.16. The molecule has 1 aromatic rings. The van der Waals surface area contributed by atoms with Crippen molar-refractivity contribution in [3.8, 4) is 0 Å². The molecule has 0 aliphatic rings. The quantitative estimate of drug-likeness (QED) is 0.837. The van der Waals surface area contributed by atoms with Gasteiger partial charge in [-0.15, -0.1) is 11.3 Å². The summed E-state index contributed by atoms with van der Waals surface area (Å²) in [6.45, 7) is 7.70. The zero-order chi connectivity index (χ0) is 16.0. The second-order valence-electron chi connectivity index (χ2n) is 5.13. The van der Waals surface area contributed by atoms with Gasteiger partial charge in [0.1, 0.15) is 9.94 Å². The Hall–Kier alpha value is -1.34. The first kappa shape index (κ1) is 17.7. The van der Waals surface area contributed by atoms with E-state index in [1.165, 1.54) is 11.3 Å². The first-order valence-electron chi connectivity index (χ1n) is 6.52. The van der Waals surface area contributed by atoms with Crippen LogP contribution < -0.4 is 5.32 Å². The lowest BCUT2D eigenvalue weighted by Crippen LogP contribution is -2.33. The largest absolute Gasteiger partial charge is 0.461 e. The summed E-state index contributed by atoms with van der Waals surface area (Å²) >= 11 is 7.14. The molecule has 0 spiro atoms. The lowest BCUT2D eigenvalue weighted by Gasteiger charge is -2.19. The van der Waals surface area contributed by atoms with Crippen LogP contribution in [0.15, 0.2) is 0 Å². The lowest BCUT2D eigenvalue weighted by atomic mass is 10.2. The van der Waals surface area contributed by atoms with Gasteiger partial charge in [0.2, 0.25) is 0 Å². The Bertz CT molecular complexity index is 511. The minimum Gasteiger partial charge on any atom is -0.461 e. The number of aromatic nitrogens is 1. The summed E-state index contributed by atoms with van der Waals surface area (Å²) in [5.74, 6) is -0.537. The minimum absolute atomic E-state index is 0.121. The van der Waals surface area contributed by atoms with Crippen molar-refractivity contribution in [1.82, 2.24) is 10.3 Å². The third kappa shape index (κ3) is 6.31. The molecule has 0 unspecified atom stereocenters. The number of rotatable bonds is 5. The van der Waals surface area contributed by atoms with Gasteiger partial charge in [0.15, 0.2) is 5.69 Å². The van der Waals surface area contributed by atoms with Crippen LogP contribution in [0.4, 0.5) is 4.79 Å². The van der Waals surface area contributed by atoms with Gasteiger partial charge in [-0.2, -0.15) is 0 Å². The number of hydrogen-bond donors (Lipinski definition) is 1. The Morgan fingerprint density at radius 2 is 2.05 bits per heavy atom. The average Bonchev–Trinajstić information content (AvgIpc) is 2.68. The van der Waals surface area contributed by atoms with Crippen LogP contribution in [0.2, 0.25) is 4.34 Å². The molecule has 118 valence electrons. The van der Waals surface area contributed by atoms with Crippen molar-refractivity contribution in [2.45, 2.75) is 39.7 Å². The average molecular weight is 335 g/mol. The van der Waals surface area contributed by atoms with E-state index in [9.17, 15) is 9.59 Å². The Labute approximate surface area is 132 Å². The first-order valence-corrected chi connectivity index (χ1v) is 7.71. The SMILES string of the molecule is CCOC(=O)c1nc(CCNC(=O)OC(C)(C)C)sc1Cl. The molecule has 0 saturated carbocycles. The van der Waals surface area contributed by atoms with Gasteiger partial charge in [0, 0.05) is 13.0 Å². The number of nitrogens with zero attached hydrogens (tertiary/aromatic N) is 1. The van der Waals surface area contributed by atoms with Gasteiger partial charge in [-0.05, 0) is 27.7 Å². The van der Waals surface area contributed by atoms with Crippen LogP contribution in [-0.4, -0.2) is 35.8 Å². The van der Waals surface area contributed by atoms with Crippen LogP contribution in [0.1, 0.15) is 43.2 Å². The van der Waals surface area contributed by atoms with Crippen molar-refractivity contribution in [3.05, 3.63) is 15.0 Å². The minimum atomic E-state index is -0.537. The standard InChI is InChI=1S/C13H19ClN2O4S/c1-5-19-11(17)9-10(14)21-8(16-9)6-7-15-12(18)20-13(2,3)4/h5-7H2,1-4H3,(H,15,18). The maximum absolute atomic E-state index is 11.6. The summed E-state index contributed by atoms with van der Waals surface area (Å²) in [6.07, 6.45) is -0.0287. The van der Waals surface area contributed by atoms with E-state index in [0.29, 0.717) is 22.3 Å². The molecule has 0 radical (unpaired) electrons. The maximum atomic E-state index is 11.6. The molecule has 0 fully saturated rings. The van der Waals surface area contributed by atoms with Crippen molar-refractivity contribution in [3.63, 3.8) is 0 Å². The number of carbonyl (C=O) groups is 2. The van der Waals surface area contributed by atoms with Crippen molar-refractivity contribution >= 4 is 35.0 Å². The number of halogens is 1. The third-order valence-corrected chi connectivity index (χ3v) is 3.42. The number of nitrogens with one attached hydrogen (secondary N) is 1. The third-order valence-electron chi connectivity index (χ3n) is 2.11. The Morgan fingerprint density at radius 3 is 2.62 bits per heavy atom. The first-order chi connectivity index (χ1) is 9.73. The fraction of sp³-hybridized carbons (Fsp3) is 0.615. The molecule has 0 saturated heterocycles. The predicted molar refractivity (Wildman–Crippen MR) is 81.0 cm³/mol. The number of ether oxygens (including phenoxy) is 2. The lowest BCUT2D eigenvalue weighted by molar-refractivity contribution is 0.0511. The van der Waals surface area contributed by atoms with Gasteiger partial charge in [0.05, 0.1) is 11.6 Å². The molecule has 0 aromatic carbocycles. The topological polar surface area (TPSA) is 77.5 Å². The Balaban J connectivity index is 2.48. The van der Waals surface area contributed by atoms with Crippen LogP contribution in [0.3, 0.4) is 0 Å². The molecule has 1 aromatic heterocycles. The molecule has 8 heteroatoms. The fourth-order valence-corrected chi connectivity index (χ4v) is 2.52. The number of carbonyl (C=O) groups excluding carboxylic acids is 2. The predicted octanol–water partition coefficient (Wildman–Crippen LogP) is 3.04. The van der Waals surface area contributed by atoms with Crippen molar-refractivity contribution in [2.24, 2.45) is 0 Å². The molecule has 1 heterocycles. The van der Waals surface area contributed by atoms with E-state index < -0.39 is 17.7 Å². The fourth-order valence-electron chi connectivity index (χ4n) is 1.36. The summed E-state index contributed by atoms with van der Waals surface area (Å²) in [5.41, 5.74) is -0.415. The zero-order valence-electron chi connectivity index (χ0n) is 12.5. The van der Waals surface area contributed by atoms with Crippen molar-refractivity contribution in [2.75, 3.05) is 13.2 Å². The van der Waals surface area contributed by atoms with Gasteiger partial charge in [-0.1, -0.05) is 11.6 Å². The highest BCUT2D eigenvalue weighted by Gasteiger charge is 2.19. The molecular weight excluding hydrogens is 316 g/mol. The molecule has 0 aliphatic heterocycles. The molecule has 1 amide bonds. The number of esters is 1. The van der Waals surface area contributed by atoms with E-state index in [2.05, 4.69) is 10.3 Å². The van der Waals surface area contributed by atoms with E-state index in [0.717, 1.165) is 0 Å². The van der Waals surface area contributed by atoms with Gasteiger partial charge < -0.3 is 14.8 Å². The number of hydrogen-bond acceptors (Lipinski definition) is 6. The normalized spacial score (nSPS) is 11.1. The summed E-state index contributed by atoms with van der Waals surface area (Å²) in [4.78, 5) is 27.1. The van der Waals surface area contributed by atoms with Crippen LogP contribution in [0.25, 0.3) is 0 Å². The Kier molecular flexibility index (Phi) is 6.42. The van der Waals surface area contributed by atoms with Gasteiger partial charge >= 0.3 is 12.1 Å². The molecule has 0 aliphatic carbocycles. The van der Waals surface area contributed by atoms with E-state index in [4.69, 9.17) is 21.1 Å². The second kappa shape index (κ2) is 7.61. The van der Waals surface area contributed by atoms with Crippen LogP contribution >= 0.6 is 22.9 Å². The van der Waals surface area contributed by atoms with E-state index >= 15 is 0 Å². The van der Waals surface area contributed by atoms with Crippen molar-refractivity contribution < 1.29 is 19.1 Å². The summed E-state index contributed by atoms with van der Waals surface area (Å²) in [6, 6.07) is 0. The summed E-state index contributed by atoms with van der Waals surface area (Å²) in [5, 5.41) is 3.27. The van der Waals surface area contributed by atoms with Gasteiger partial charge in [-0.3, -0.25) is 0 Å². The molecule has 21 heavy (non-hydrogen) atoms. The zero-order valence-corrected chi connectivity index (χ0v) is 14.1. The van der Waals surface area contributed by atoms with Crippen LogP contribution in [-0.2, 0) is 15.9 Å². The Morgan fingerprint density at radius 1 is 1.38 bits per heavy atom. The van der Waals surface area contributed by atoms with Crippen molar-refractivity contribution in [1.29, 1.82) is 0 Å². The van der Waals surface area contributed by atoms with E-state index in [-0.39, 0.29) is 12.3 Å². The molecule has 1 rings (SSSR count). The maximum Gasteiger partial charge on any atom is 0.407 e. The second-order valence-corrected chi connectivity index (χ2v) is 6.81.